The van der Waals surface area contributed by atoms with Crippen molar-refractivity contribution in [3.05, 3.63) is 58.7 Å². The van der Waals surface area contributed by atoms with Crippen LogP contribution in [0.1, 0.15) is 22.3 Å². The Morgan fingerprint density at radius 1 is 0.576 bits per heavy atom. The molecule has 3 fully saturated rings. The lowest BCUT2D eigenvalue weighted by atomic mass is 10.1. The van der Waals surface area contributed by atoms with Gasteiger partial charge in [0.2, 0.25) is 0 Å². The van der Waals surface area contributed by atoms with Crippen molar-refractivity contribution in [2.45, 2.75) is 26.2 Å². The predicted molar refractivity (Wildman–Crippen MR) is 128 cm³/mol. The van der Waals surface area contributed by atoms with Gasteiger partial charge in [-0.25, -0.2) is 0 Å². The van der Waals surface area contributed by atoms with Crippen LogP contribution in [0, 0.1) is 0 Å². The number of nitrogens with zero attached hydrogens (tertiary/aromatic N) is 4. The summed E-state index contributed by atoms with van der Waals surface area (Å²) in [5, 5.41) is 28.4. The second-order valence-corrected chi connectivity index (χ2v) is 9.52. The third kappa shape index (κ3) is 5.48. The summed E-state index contributed by atoms with van der Waals surface area (Å²) in [4.78, 5) is 9.37. The highest BCUT2D eigenvalue weighted by molar-refractivity contribution is 5.41. The van der Waals surface area contributed by atoms with Gasteiger partial charge in [-0.1, -0.05) is 36.4 Å². The fourth-order valence-corrected chi connectivity index (χ4v) is 5.10. The third-order valence-electron chi connectivity index (χ3n) is 6.99. The van der Waals surface area contributed by atoms with Crippen molar-refractivity contribution in [2.24, 2.45) is 0 Å². The lowest BCUT2D eigenvalue weighted by Gasteiger charge is -2.21. The quantitative estimate of drug-likeness (QED) is 0.475. The maximum atomic E-state index is 10.9. The molecule has 5 rings (SSSR count). The number of aromatic hydroxyl groups is 2. The summed E-state index contributed by atoms with van der Waals surface area (Å²) in [5.41, 5.74) is 3.99. The second kappa shape index (κ2) is 10.4. The zero-order valence-electron chi connectivity index (χ0n) is 19.3. The van der Waals surface area contributed by atoms with Crippen LogP contribution in [0.4, 0.5) is 0 Å². The van der Waals surface area contributed by atoms with Gasteiger partial charge in [0.15, 0.2) is 0 Å². The molecule has 0 radical (unpaired) electrons. The van der Waals surface area contributed by atoms with E-state index in [0.29, 0.717) is 11.5 Å². The molecule has 0 saturated carbocycles. The van der Waals surface area contributed by atoms with Crippen LogP contribution in [0.15, 0.2) is 36.4 Å². The summed E-state index contributed by atoms with van der Waals surface area (Å²) in [6.45, 7) is 11.6. The smallest absolute Gasteiger partial charge is 0.124 e. The van der Waals surface area contributed by atoms with Crippen molar-refractivity contribution in [1.29, 1.82) is 0 Å². The number of hydrogen-bond donors (Lipinski definition) is 4. The summed E-state index contributed by atoms with van der Waals surface area (Å²) in [6.07, 6.45) is 0. The molecular weight excluding hydrogens is 416 g/mol. The van der Waals surface area contributed by atoms with Crippen molar-refractivity contribution < 1.29 is 10.2 Å². The molecule has 178 valence electrons. The van der Waals surface area contributed by atoms with Crippen LogP contribution in [0.5, 0.6) is 11.5 Å². The molecule has 8 nitrogen and oxygen atoms in total. The predicted octanol–water partition coefficient (Wildman–Crippen LogP) is 1.10. The topological polar surface area (TPSA) is 77.5 Å². The van der Waals surface area contributed by atoms with Crippen LogP contribution in [-0.2, 0) is 26.2 Å². The molecule has 3 heterocycles. The van der Waals surface area contributed by atoms with Gasteiger partial charge in [0, 0.05) is 101 Å². The van der Waals surface area contributed by atoms with Crippen molar-refractivity contribution in [2.75, 3.05) is 59.3 Å². The van der Waals surface area contributed by atoms with Crippen molar-refractivity contribution in [3.63, 3.8) is 0 Å². The summed E-state index contributed by atoms with van der Waals surface area (Å²) < 4.78 is 0. The molecule has 8 heteroatoms. The minimum atomic E-state index is 0.435. The van der Waals surface area contributed by atoms with E-state index in [0.717, 1.165) is 108 Å². The van der Waals surface area contributed by atoms with Gasteiger partial charge in [-0.3, -0.25) is 19.6 Å². The highest BCUT2D eigenvalue weighted by Crippen LogP contribution is 2.28. The first kappa shape index (κ1) is 22.6. The second-order valence-electron chi connectivity index (χ2n) is 9.52. The SMILES string of the molecule is Oc1c(CN2CCNC2)cccc1CN1CCN(Cc2cccc(CN3CCNC3)c2O)C1. The van der Waals surface area contributed by atoms with Crippen molar-refractivity contribution >= 4 is 0 Å². The average molecular weight is 453 g/mol. The molecule has 3 aliphatic rings. The summed E-state index contributed by atoms with van der Waals surface area (Å²) >= 11 is 0. The minimum Gasteiger partial charge on any atom is -0.507 e. The summed E-state index contributed by atoms with van der Waals surface area (Å²) in [6, 6.07) is 12.2. The molecule has 2 aromatic carbocycles. The number of para-hydroxylation sites is 2. The highest BCUT2D eigenvalue weighted by Gasteiger charge is 2.23. The van der Waals surface area contributed by atoms with Gasteiger partial charge in [0.25, 0.3) is 0 Å². The Labute approximate surface area is 196 Å². The third-order valence-corrected chi connectivity index (χ3v) is 6.99. The van der Waals surface area contributed by atoms with E-state index in [1.165, 1.54) is 0 Å². The fraction of sp³-hybridized carbons (Fsp3) is 0.520. The minimum absolute atomic E-state index is 0.435. The molecule has 0 amide bonds. The summed E-state index contributed by atoms with van der Waals surface area (Å²) in [5.74, 6) is 0.870. The fourth-order valence-electron chi connectivity index (χ4n) is 5.10. The van der Waals surface area contributed by atoms with Crippen LogP contribution in [0.25, 0.3) is 0 Å². The zero-order chi connectivity index (χ0) is 22.6. The van der Waals surface area contributed by atoms with Gasteiger partial charge < -0.3 is 20.8 Å². The van der Waals surface area contributed by atoms with Crippen LogP contribution in [0.3, 0.4) is 0 Å². The van der Waals surface area contributed by atoms with Gasteiger partial charge in [-0.2, -0.15) is 0 Å². The Balaban J connectivity index is 1.18. The van der Waals surface area contributed by atoms with Gasteiger partial charge >= 0.3 is 0 Å². The van der Waals surface area contributed by atoms with E-state index in [4.69, 9.17) is 0 Å². The van der Waals surface area contributed by atoms with E-state index in [1.54, 1.807) is 0 Å². The van der Waals surface area contributed by atoms with Gasteiger partial charge in [-0.15, -0.1) is 0 Å². The number of rotatable bonds is 8. The molecule has 3 aliphatic heterocycles. The van der Waals surface area contributed by atoms with E-state index in [-0.39, 0.29) is 0 Å². The number of phenolic OH excluding ortho intramolecular Hbond substituents is 2. The van der Waals surface area contributed by atoms with E-state index in [2.05, 4.69) is 42.4 Å². The van der Waals surface area contributed by atoms with E-state index >= 15 is 0 Å². The Kier molecular flexibility index (Phi) is 7.10. The van der Waals surface area contributed by atoms with E-state index in [9.17, 15) is 10.2 Å². The maximum absolute atomic E-state index is 10.9. The Hall–Kier alpha value is -2.20. The highest BCUT2D eigenvalue weighted by atomic mass is 16.3. The van der Waals surface area contributed by atoms with E-state index < -0.39 is 0 Å². The molecule has 2 aromatic rings. The van der Waals surface area contributed by atoms with Crippen LogP contribution >= 0.6 is 0 Å². The number of phenols is 2. The zero-order valence-corrected chi connectivity index (χ0v) is 19.3. The standard InChI is InChI=1S/C25H36N6O2/c32-24-20(13-28-9-7-26-17-28)3-1-5-22(24)15-30-11-12-31(19-30)16-23-6-2-4-21(25(23)33)14-29-10-8-27-18-29/h1-6,26-27,32-33H,7-19H2. The normalized spacial score (nSPS) is 20.8. The van der Waals surface area contributed by atoms with Crippen LogP contribution < -0.4 is 10.6 Å². The first-order valence-electron chi connectivity index (χ1n) is 12.1. The Morgan fingerprint density at radius 2 is 0.970 bits per heavy atom. The first-order chi connectivity index (χ1) is 16.2. The van der Waals surface area contributed by atoms with Crippen LogP contribution in [-0.4, -0.2) is 89.1 Å². The average Bonchev–Trinajstić information content (AvgIpc) is 3.58. The maximum Gasteiger partial charge on any atom is 0.124 e. The molecule has 0 bridgehead atoms. The Bertz CT molecular complexity index is 867. The largest absolute Gasteiger partial charge is 0.507 e. The molecule has 33 heavy (non-hydrogen) atoms. The van der Waals surface area contributed by atoms with E-state index in [1.807, 2.05) is 24.3 Å². The monoisotopic (exact) mass is 452 g/mol. The molecule has 0 aromatic heterocycles. The molecular formula is C25H36N6O2. The van der Waals surface area contributed by atoms with Gasteiger partial charge in [-0.05, 0) is 0 Å². The first-order valence-corrected chi connectivity index (χ1v) is 12.1. The summed E-state index contributed by atoms with van der Waals surface area (Å²) in [7, 11) is 0. The number of benzene rings is 2. The van der Waals surface area contributed by atoms with Gasteiger partial charge in [0.1, 0.15) is 11.5 Å². The molecule has 0 aliphatic carbocycles. The lowest BCUT2D eigenvalue weighted by molar-refractivity contribution is 0.231. The molecule has 3 saturated heterocycles. The molecule has 0 spiro atoms. The van der Waals surface area contributed by atoms with Crippen molar-refractivity contribution in [1.82, 2.24) is 30.2 Å². The number of nitrogens with one attached hydrogen (secondary N) is 2. The van der Waals surface area contributed by atoms with Crippen LogP contribution in [0.2, 0.25) is 0 Å². The van der Waals surface area contributed by atoms with Crippen molar-refractivity contribution in [3.8, 4) is 11.5 Å². The molecule has 0 unspecified atom stereocenters. The Morgan fingerprint density at radius 3 is 1.33 bits per heavy atom. The number of hydrogen-bond acceptors (Lipinski definition) is 8. The lowest BCUT2D eigenvalue weighted by Crippen LogP contribution is -2.25. The molecule has 4 N–H and O–H groups in total. The van der Waals surface area contributed by atoms with Gasteiger partial charge in [0.05, 0.1) is 6.67 Å². The molecule has 0 atom stereocenters.